The molecule has 4 nitrogen and oxygen atoms in total. The summed E-state index contributed by atoms with van der Waals surface area (Å²) in [5.74, 6) is 0. The second-order valence-electron chi connectivity index (χ2n) is 8.26. The molecule has 1 aromatic rings. The quantitative estimate of drug-likeness (QED) is 0.820. The molecule has 2 fully saturated rings. The monoisotopic (exact) mass is 330 g/mol. The van der Waals surface area contributed by atoms with E-state index in [0.29, 0.717) is 0 Å². The number of hydrogen-bond donors (Lipinski definition) is 0. The molecule has 0 aromatic heterocycles. The Kier molecular flexibility index (Phi) is 4.86. The van der Waals surface area contributed by atoms with E-state index >= 15 is 0 Å². The number of nitrogens with zero attached hydrogens (tertiary/aromatic N) is 2. The van der Waals surface area contributed by atoms with Gasteiger partial charge in [0.15, 0.2) is 0 Å². The van der Waals surface area contributed by atoms with Crippen molar-refractivity contribution in [1.82, 2.24) is 9.80 Å². The lowest BCUT2D eigenvalue weighted by Crippen LogP contribution is -2.57. The minimum atomic E-state index is -0.431. The molecule has 1 atom stereocenters. The summed E-state index contributed by atoms with van der Waals surface area (Å²) in [6.07, 6.45) is 4.28. The molecule has 3 rings (SSSR count). The van der Waals surface area contributed by atoms with Crippen LogP contribution < -0.4 is 0 Å². The van der Waals surface area contributed by atoms with E-state index in [-0.39, 0.29) is 11.6 Å². The SMILES string of the molecule is CC(C)(C)OC(=O)N1CCC[C@@]12CCCN(Cc1ccccc1)C2. The summed E-state index contributed by atoms with van der Waals surface area (Å²) >= 11 is 0. The number of ether oxygens (including phenoxy) is 1. The zero-order valence-electron chi connectivity index (χ0n) is 15.3. The van der Waals surface area contributed by atoms with Crippen molar-refractivity contribution in [2.75, 3.05) is 19.6 Å². The van der Waals surface area contributed by atoms with E-state index in [1.807, 2.05) is 25.7 Å². The van der Waals surface area contributed by atoms with Crippen LogP contribution in [0.25, 0.3) is 0 Å². The van der Waals surface area contributed by atoms with Crippen LogP contribution in [0.2, 0.25) is 0 Å². The lowest BCUT2D eigenvalue weighted by atomic mass is 9.86. The van der Waals surface area contributed by atoms with E-state index in [4.69, 9.17) is 4.74 Å². The summed E-state index contributed by atoms with van der Waals surface area (Å²) in [5.41, 5.74) is 0.880. The molecule has 2 aliphatic heterocycles. The minimum absolute atomic E-state index is 0.0324. The normalized spacial score (nSPS) is 25.2. The van der Waals surface area contributed by atoms with Crippen LogP contribution in [0.4, 0.5) is 4.79 Å². The highest BCUT2D eigenvalue weighted by atomic mass is 16.6. The van der Waals surface area contributed by atoms with Crippen molar-refractivity contribution in [2.24, 2.45) is 0 Å². The van der Waals surface area contributed by atoms with Crippen LogP contribution in [-0.2, 0) is 11.3 Å². The molecule has 0 unspecified atom stereocenters. The average molecular weight is 330 g/mol. The van der Waals surface area contributed by atoms with E-state index in [2.05, 4.69) is 35.2 Å². The summed E-state index contributed by atoms with van der Waals surface area (Å²) in [7, 11) is 0. The van der Waals surface area contributed by atoms with Crippen LogP contribution in [0.5, 0.6) is 0 Å². The van der Waals surface area contributed by atoms with Crippen LogP contribution >= 0.6 is 0 Å². The van der Waals surface area contributed by atoms with Gasteiger partial charge in [-0.05, 0) is 58.6 Å². The minimum Gasteiger partial charge on any atom is -0.444 e. The molecular formula is C20H30N2O2. The molecule has 2 saturated heterocycles. The molecule has 0 N–H and O–H groups in total. The Labute approximate surface area is 145 Å². The summed E-state index contributed by atoms with van der Waals surface area (Å²) in [6, 6.07) is 10.6. The first-order chi connectivity index (χ1) is 11.4. The molecule has 24 heavy (non-hydrogen) atoms. The van der Waals surface area contributed by atoms with Gasteiger partial charge >= 0.3 is 6.09 Å². The van der Waals surface area contributed by atoms with E-state index < -0.39 is 5.60 Å². The van der Waals surface area contributed by atoms with Gasteiger partial charge in [-0.15, -0.1) is 0 Å². The van der Waals surface area contributed by atoms with Crippen molar-refractivity contribution in [3.05, 3.63) is 35.9 Å². The van der Waals surface area contributed by atoms with E-state index in [1.54, 1.807) is 0 Å². The Morgan fingerprint density at radius 3 is 2.46 bits per heavy atom. The second kappa shape index (κ2) is 6.75. The molecule has 0 saturated carbocycles. The molecule has 0 aliphatic carbocycles. The molecule has 132 valence electrons. The van der Waals surface area contributed by atoms with Crippen molar-refractivity contribution < 1.29 is 9.53 Å². The maximum absolute atomic E-state index is 12.7. The molecule has 0 radical (unpaired) electrons. The van der Waals surface area contributed by atoms with Gasteiger partial charge in [0.2, 0.25) is 0 Å². The molecule has 0 bridgehead atoms. The standard InChI is InChI=1S/C20H30N2O2/c1-19(2,3)24-18(23)22-14-8-12-20(22)11-7-13-21(16-20)15-17-9-5-4-6-10-17/h4-6,9-10H,7-8,11-16H2,1-3H3/t20-/m1/s1. The highest BCUT2D eigenvalue weighted by molar-refractivity contribution is 5.69. The van der Waals surface area contributed by atoms with Crippen molar-refractivity contribution >= 4 is 6.09 Å². The van der Waals surface area contributed by atoms with Gasteiger partial charge in [-0.2, -0.15) is 0 Å². The predicted molar refractivity (Wildman–Crippen MR) is 95.9 cm³/mol. The smallest absolute Gasteiger partial charge is 0.410 e. The third-order valence-electron chi connectivity index (χ3n) is 5.09. The third kappa shape index (κ3) is 3.92. The first-order valence-corrected chi connectivity index (χ1v) is 9.15. The van der Waals surface area contributed by atoms with Gasteiger partial charge in [-0.1, -0.05) is 30.3 Å². The fourth-order valence-electron chi connectivity index (χ4n) is 4.15. The number of carbonyl (C=O) groups excluding carboxylic acids is 1. The molecule has 1 aromatic carbocycles. The summed E-state index contributed by atoms with van der Waals surface area (Å²) in [4.78, 5) is 17.2. The number of rotatable bonds is 2. The van der Waals surface area contributed by atoms with Crippen molar-refractivity contribution in [2.45, 2.75) is 64.1 Å². The first-order valence-electron chi connectivity index (χ1n) is 9.15. The van der Waals surface area contributed by atoms with Crippen molar-refractivity contribution in [1.29, 1.82) is 0 Å². The molecule has 2 heterocycles. The van der Waals surface area contributed by atoms with Crippen LogP contribution in [0.3, 0.4) is 0 Å². The summed E-state index contributed by atoms with van der Waals surface area (Å²) in [5, 5.41) is 0. The van der Waals surface area contributed by atoms with Gasteiger partial charge in [-0.3, -0.25) is 4.90 Å². The third-order valence-corrected chi connectivity index (χ3v) is 5.09. The Balaban J connectivity index is 1.70. The Bertz CT molecular complexity index is 567. The lowest BCUT2D eigenvalue weighted by Gasteiger charge is -2.46. The Morgan fingerprint density at radius 1 is 1.12 bits per heavy atom. The molecule has 1 amide bonds. The highest BCUT2D eigenvalue weighted by Gasteiger charge is 2.47. The topological polar surface area (TPSA) is 32.8 Å². The summed E-state index contributed by atoms with van der Waals surface area (Å²) < 4.78 is 5.67. The van der Waals surface area contributed by atoms with Gasteiger partial charge in [-0.25, -0.2) is 4.79 Å². The fourth-order valence-corrected chi connectivity index (χ4v) is 4.15. The van der Waals surface area contributed by atoms with Crippen LogP contribution in [0, 0.1) is 0 Å². The van der Waals surface area contributed by atoms with E-state index in [1.165, 1.54) is 5.56 Å². The van der Waals surface area contributed by atoms with Crippen LogP contribution in [-0.4, -0.2) is 46.7 Å². The number of likely N-dealkylation sites (tertiary alicyclic amines) is 2. The van der Waals surface area contributed by atoms with Gasteiger partial charge in [0.25, 0.3) is 0 Å². The maximum Gasteiger partial charge on any atom is 0.410 e. The Morgan fingerprint density at radius 2 is 1.79 bits per heavy atom. The number of amides is 1. The van der Waals surface area contributed by atoms with Crippen LogP contribution in [0.1, 0.15) is 52.0 Å². The zero-order chi connectivity index (χ0) is 17.2. The van der Waals surface area contributed by atoms with Gasteiger partial charge in [0.1, 0.15) is 5.60 Å². The van der Waals surface area contributed by atoms with Crippen molar-refractivity contribution in [3.63, 3.8) is 0 Å². The molecule has 1 spiro atoms. The predicted octanol–water partition coefficient (Wildman–Crippen LogP) is 4.05. The fraction of sp³-hybridized carbons (Fsp3) is 0.650. The number of benzene rings is 1. The maximum atomic E-state index is 12.7. The van der Waals surface area contributed by atoms with Gasteiger partial charge in [0, 0.05) is 19.6 Å². The second-order valence-corrected chi connectivity index (χ2v) is 8.26. The molecule has 2 aliphatic rings. The molecular weight excluding hydrogens is 300 g/mol. The Hall–Kier alpha value is -1.55. The van der Waals surface area contributed by atoms with E-state index in [9.17, 15) is 4.79 Å². The zero-order valence-corrected chi connectivity index (χ0v) is 15.3. The lowest BCUT2D eigenvalue weighted by molar-refractivity contribution is -0.0114. The largest absolute Gasteiger partial charge is 0.444 e. The number of hydrogen-bond acceptors (Lipinski definition) is 3. The number of piperidine rings is 1. The average Bonchev–Trinajstić information content (AvgIpc) is 2.89. The summed E-state index contributed by atoms with van der Waals surface area (Å²) in [6.45, 7) is 9.68. The van der Waals surface area contributed by atoms with Crippen molar-refractivity contribution in [3.8, 4) is 0 Å². The van der Waals surface area contributed by atoms with Crippen LogP contribution in [0.15, 0.2) is 30.3 Å². The molecule has 4 heteroatoms. The highest BCUT2D eigenvalue weighted by Crippen LogP contribution is 2.38. The van der Waals surface area contributed by atoms with Gasteiger partial charge in [0.05, 0.1) is 5.54 Å². The first kappa shape index (κ1) is 17.3. The van der Waals surface area contributed by atoms with E-state index in [0.717, 1.165) is 51.9 Å². The van der Waals surface area contributed by atoms with Gasteiger partial charge < -0.3 is 9.64 Å². The number of carbonyl (C=O) groups is 1.